The smallest absolute Gasteiger partial charge is 0.264 e. The normalized spacial score (nSPS) is 18.8. The number of hydrogen-bond acceptors (Lipinski definition) is 3. The van der Waals surface area contributed by atoms with Crippen molar-refractivity contribution >= 4 is 29.7 Å². The summed E-state index contributed by atoms with van der Waals surface area (Å²) in [4.78, 5) is 16.7. The Morgan fingerprint density at radius 1 is 1.32 bits per heavy atom. The van der Waals surface area contributed by atoms with Crippen LogP contribution in [0.5, 0.6) is 0 Å². The zero-order valence-corrected chi connectivity index (χ0v) is 12.9. The van der Waals surface area contributed by atoms with Crippen molar-refractivity contribution in [1.82, 2.24) is 10.2 Å². The number of likely N-dealkylation sites (N-methyl/N-ethyl adjacent to an activating group) is 1. The van der Waals surface area contributed by atoms with Crippen molar-refractivity contribution in [1.29, 1.82) is 0 Å². The molecule has 19 heavy (non-hydrogen) atoms. The van der Waals surface area contributed by atoms with Gasteiger partial charge in [-0.2, -0.15) is 0 Å². The molecule has 1 aliphatic carbocycles. The Kier molecular flexibility index (Phi) is 4.87. The van der Waals surface area contributed by atoms with Gasteiger partial charge in [0, 0.05) is 25.0 Å². The molecule has 0 aromatic carbocycles. The van der Waals surface area contributed by atoms with Crippen molar-refractivity contribution in [3.8, 4) is 0 Å². The van der Waals surface area contributed by atoms with Gasteiger partial charge in [0.05, 0.1) is 10.9 Å². The fourth-order valence-electron chi connectivity index (χ4n) is 2.66. The highest BCUT2D eigenvalue weighted by molar-refractivity contribution is 7.14. The van der Waals surface area contributed by atoms with E-state index >= 15 is 0 Å². The van der Waals surface area contributed by atoms with E-state index < -0.39 is 0 Å². The Hall–Kier alpha value is -0.580. The maximum Gasteiger partial charge on any atom is 0.264 e. The number of nitrogens with zero attached hydrogens (tertiary/aromatic N) is 1. The van der Waals surface area contributed by atoms with E-state index in [1.165, 1.54) is 36.1 Å². The van der Waals surface area contributed by atoms with Crippen molar-refractivity contribution in [2.45, 2.75) is 38.1 Å². The average Bonchev–Trinajstić information content (AvgIpc) is 2.57. The van der Waals surface area contributed by atoms with E-state index in [4.69, 9.17) is 0 Å². The molecule has 3 rings (SSSR count). The predicted molar refractivity (Wildman–Crippen MR) is 81.6 cm³/mol. The third-order valence-electron chi connectivity index (χ3n) is 4.09. The average molecular weight is 301 g/mol. The van der Waals surface area contributed by atoms with E-state index in [-0.39, 0.29) is 18.3 Å². The summed E-state index contributed by atoms with van der Waals surface area (Å²) in [7, 11) is 1.93. The van der Waals surface area contributed by atoms with Gasteiger partial charge in [0.15, 0.2) is 0 Å². The minimum Gasteiger partial charge on any atom is -0.335 e. The molecule has 2 aliphatic rings. The molecule has 2 heterocycles. The first kappa shape index (κ1) is 14.8. The van der Waals surface area contributed by atoms with Gasteiger partial charge in [-0.3, -0.25) is 4.79 Å². The van der Waals surface area contributed by atoms with Gasteiger partial charge in [0.1, 0.15) is 0 Å². The SMILES string of the molecule is CN(C(=O)c1cc2c(s1)CCCCC2)C1CNC1.Cl. The van der Waals surface area contributed by atoms with E-state index in [0.29, 0.717) is 6.04 Å². The quantitative estimate of drug-likeness (QED) is 0.851. The number of halogens is 1. The Balaban J connectivity index is 0.00000133. The van der Waals surface area contributed by atoms with Crippen LogP contribution in [0, 0.1) is 0 Å². The van der Waals surface area contributed by atoms with Crippen molar-refractivity contribution in [2.75, 3.05) is 20.1 Å². The Morgan fingerprint density at radius 2 is 2.05 bits per heavy atom. The zero-order chi connectivity index (χ0) is 12.5. The fourth-order valence-corrected chi connectivity index (χ4v) is 3.90. The van der Waals surface area contributed by atoms with Crippen LogP contribution in [0.4, 0.5) is 0 Å². The van der Waals surface area contributed by atoms with Crippen molar-refractivity contribution in [3.63, 3.8) is 0 Å². The third-order valence-corrected chi connectivity index (χ3v) is 5.31. The lowest BCUT2D eigenvalue weighted by molar-refractivity contribution is 0.0686. The number of thiophene rings is 1. The number of rotatable bonds is 2. The first-order chi connectivity index (χ1) is 8.75. The molecule has 0 spiro atoms. The van der Waals surface area contributed by atoms with E-state index in [2.05, 4.69) is 11.4 Å². The fraction of sp³-hybridized carbons (Fsp3) is 0.643. The summed E-state index contributed by atoms with van der Waals surface area (Å²) in [5.41, 5.74) is 1.43. The minimum atomic E-state index is 0. The molecule has 1 aromatic rings. The summed E-state index contributed by atoms with van der Waals surface area (Å²) < 4.78 is 0. The highest BCUT2D eigenvalue weighted by atomic mass is 35.5. The van der Waals surface area contributed by atoms with Gasteiger partial charge in [-0.25, -0.2) is 0 Å². The molecule has 1 N–H and O–H groups in total. The Bertz CT molecular complexity index is 433. The molecule has 1 aromatic heterocycles. The van der Waals surface area contributed by atoms with Gasteiger partial charge in [-0.15, -0.1) is 23.7 Å². The molecule has 0 saturated carbocycles. The lowest BCUT2D eigenvalue weighted by atomic mass is 10.1. The van der Waals surface area contributed by atoms with E-state index in [0.717, 1.165) is 24.4 Å². The molecular formula is C14H21ClN2OS. The third kappa shape index (κ3) is 2.96. The monoisotopic (exact) mass is 300 g/mol. The highest BCUT2D eigenvalue weighted by Gasteiger charge is 2.27. The molecule has 106 valence electrons. The van der Waals surface area contributed by atoms with Gasteiger partial charge < -0.3 is 10.2 Å². The van der Waals surface area contributed by atoms with E-state index in [1.807, 2.05) is 11.9 Å². The van der Waals surface area contributed by atoms with Gasteiger partial charge in [-0.1, -0.05) is 6.42 Å². The van der Waals surface area contributed by atoms with Gasteiger partial charge in [0.2, 0.25) is 0 Å². The van der Waals surface area contributed by atoms with Crippen LogP contribution in [0.15, 0.2) is 6.07 Å². The minimum absolute atomic E-state index is 0. The van der Waals surface area contributed by atoms with Crippen LogP contribution in [0.25, 0.3) is 0 Å². The maximum atomic E-state index is 12.4. The highest BCUT2D eigenvalue weighted by Crippen LogP contribution is 2.29. The molecular weight excluding hydrogens is 280 g/mol. The van der Waals surface area contributed by atoms with Crippen LogP contribution in [-0.2, 0) is 12.8 Å². The molecule has 0 bridgehead atoms. The number of nitrogens with one attached hydrogen (secondary N) is 1. The molecule has 3 nitrogen and oxygen atoms in total. The number of hydrogen-bond donors (Lipinski definition) is 1. The van der Waals surface area contributed by atoms with Gasteiger partial charge in [0.25, 0.3) is 5.91 Å². The predicted octanol–water partition coefficient (Wildman–Crippen LogP) is 2.48. The first-order valence-electron chi connectivity index (χ1n) is 6.85. The standard InChI is InChI=1S/C14H20N2OS.ClH/c1-16(11-8-15-9-11)14(17)13-7-10-5-3-2-4-6-12(10)18-13;/h7,11,15H,2-6,8-9H2,1H3;1H. The summed E-state index contributed by atoms with van der Waals surface area (Å²) in [6.07, 6.45) is 6.22. The molecule has 1 fully saturated rings. The van der Waals surface area contributed by atoms with Crippen LogP contribution in [0.2, 0.25) is 0 Å². The summed E-state index contributed by atoms with van der Waals surface area (Å²) in [6.45, 7) is 1.88. The second-order valence-electron chi connectivity index (χ2n) is 5.35. The largest absolute Gasteiger partial charge is 0.335 e. The van der Waals surface area contributed by atoms with E-state index in [9.17, 15) is 4.79 Å². The zero-order valence-electron chi connectivity index (χ0n) is 11.3. The second kappa shape index (κ2) is 6.25. The van der Waals surface area contributed by atoms with Crippen molar-refractivity contribution < 1.29 is 4.79 Å². The molecule has 0 unspecified atom stereocenters. The lowest BCUT2D eigenvalue weighted by Crippen LogP contribution is -2.57. The Labute approximate surface area is 124 Å². The number of fused-ring (bicyclic) bond motifs is 1. The topological polar surface area (TPSA) is 32.3 Å². The second-order valence-corrected chi connectivity index (χ2v) is 6.48. The molecule has 0 atom stereocenters. The maximum absolute atomic E-state index is 12.4. The molecule has 1 amide bonds. The van der Waals surface area contributed by atoms with Crippen LogP contribution in [0.3, 0.4) is 0 Å². The van der Waals surface area contributed by atoms with Gasteiger partial charge >= 0.3 is 0 Å². The number of carbonyl (C=O) groups is 1. The Morgan fingerprint density at radius 3 is 2.74 bits per heavy atom. The lowest BCUT2D eigenvalue weighted by Gasteiger charge is -2.35. The van der Waals surface area contributed by atoms with E-state index in [1.54, 1.807) is 11.3 Å². The number of amides is 1. The summed E-state index contributed by atoms with van der Waals surface area (Å²) in [5.74, 6) is 0.208. The first-order valence-corrected chi connectivity index (χ1v) is 7.67. The number of aryl methyl sites for hydroxylation is 2. The summed E-state index contributed by atoms with van der Waals surface area (Å²) in [5, 5.41) is 3.22. The van der Waals surface area contributed by atoms with Crippen LogP contribution < -0.4 is 5.32 Å². The molecule has 1 saturated heterocycles. The van der Waals surface area contributed by atoms with Crippen LogP contribution >= 0.6 is 23.7 Å². The van der Waals surface area contributed by atoms with Crippen molar-refractivity contribution in [2.24, 2.45) is 0 Å². The summed E-state index contributed by atoms with van der Waals surface area (Å²) >= 11 is 1.73. The molecule has 0 radical (unpaired) electrons. The number of carbonyl (C=O) groups excluding carboxylic acids is 1. The van der Waals surface area contributed by atoms with Crippen LogP contribution in [-0.4, -0.2) is 37.0 Å². The summed E-state index contributed by atoms with van der Waals surface area (Å²) in [6, 6.07) is 2.54. The molecule has 5 heteroatoms. The van der Waals surface area contributed by atoms with Crippen LogP contribution in [0.1, 0.15) is 39.4 Å². The van der Waals surface area contributed by atoms with Crippen molar-refractivity contribution in [3.05, 3.63) is 21.4 Å². The molecule has 1 aliphatic heterocycles. The van der Waals surface area contributed by atoms with Gasteiger partial charge in [-0.05, 0) is 37.3 Å².